The number of anilines is 1. The van der Waals surface area contributed by atoms with E-state index in [0.29, 0.717) is 62.0 Å². The highest BCUT2D eigenvalue weighted by atomic mass is 35.5. The first-order valence-electron chi connectivity index (χ1n) is 9.71. The summed E-state index contributed by atoms with van der Waals surface area (Å²) in [5.41, 5.74) is 1.18. The van der Waals surface area contributed by atoms with Crippen LogP contribution in [0.5, 0.6) is 0 Å². The number of benzene rings is 1. The van der Waals surface area contributed by atoms with Crippen LogP contribution in [0.2, 0.25) is 0 Å². The number of amides is 2. The van der Waals surface area contributed by atoms with E-state index in [-0.39, 0.29) is 24.2 Å². The van der Waals surface area contributed by atoms with Gasteiger partial charge >= 0.3 is 0 Å². The Morgan fingerprint density at radius 3 is 2.48 bits per heavy atom. The van der Waals surface area contributed by atoms with E-state index in [4.69, 9.17) is 4.74 Å². The zero-order valence-corrected chi connectivity index (χ0v) is 16.3. The van der Waals surface area contributed by atoms with E-state index in [0.717, 1.165) is 12.8 Å². The zero-order chi connectivity index (χ0) is 17.9. The molecule has 2 unspecified atom stereocenters. The van der Waals surface area contributed by atoms with Crippen molar-refractivity contribution >= 4 is 29.9 Å². The lowest BCUT2D eigenvalue weighted by atomic mass is 9.89. The van der Waals surface area contributed by atoms with Gasteiger partial charge in [-0.3, -0.25) is 9.59 Å². The summed E-state index contributed by atoms with van der Waals surface area (Å²) in [6.07, 6.45) is 5.17. The molecule has 1 aromatic rings. The van der Waals surface area contributed by atoms with E-state index in [1.165, 1.54) is 12.8 Å². The molecule has 0 radical (unpaired) electrons. The predicted molar refractivity (Wildman–Crippen MR) is 106 cm³/mol. The third kappa shape index (κ3) is 4.81. The molecule has 27 heavy (non-hydrogen) atoms. The van der Waals surface area contributed by atoms with Gasteiger partial charge in [-0.1, -0.05) is 12.1 Å². The topological polar surface area (TPSA) is 70.7 Å². The number of rotatable bonds is 4. The van der Waals surface area contributed by atoms with Crippen molar-refractivity contribution in [2.24, 2.45) is 5.92 Å². The second-order valence-electron chi connectivity index (χ2n) is 7.68. The first-order chi connectivity index (χ1) is 12.7. The maximum Gasteiger partial charge on any atom is 0.256 e. The van der Waals surface area contributed by atoms with E-state index >= 15 is 0 Å². The fourth-order valence-corrected chi connectivity index (χ4v) is 4.52. The van der Waals surface area contributed by atoms with Crippen LogP contribution in [0.15, 0.2) is 24.3 Å². The van der Waals surface area contributed by atoms with Gasteiger partial charge in [0.2, 0.25) is 5.91 Å². The second-order valence-corrected chi connectivity index (χ2v) is 7.68. The van der Waals surface area contributed by atoms with Crippen LogP contribution >= 0.6 is 12.4 Å². The van der Waals surface area contributed by atoms with Crippen molar-refractivity contribution in [3.8, 4) is 0 Å². The second kappa shape index (κ2) is 9.04. The minimum absolute atomic E-state index is 0. The van der Waals surface area contributed by atoms with E-state index in [2.05, 4.69) is 10.6 Å². The zero-order valence-electron chi connectivity index (χ0n) is 15.5. The normalized spacial score (nSPS) is 27.0. The number of nitrogens with zero attached hydrogens (tertiary/aromatic N) is 1. The van der Waals surface area contributed by atoms with Gasteiger partial charge in [0, 0.05) is 31.6 Å². The molecule has 7 heteroatoms. The van der Waals surface area contributed by atoms with Crippen LogP contribution in [0.25, 0.3) is 0 Å². The maximum atomic E-state index is 12.8. The molecule has 1 aromatic carbocycles. The number of halogens is 1. The first kappa shape index (κ1) is 20.1. The molecule has 2 amide bonds. The van der Waals surface area contributed by atoms with Crippen molar-refractivity contribution in [2.75, 3.05) is 31.6 Å². The van der Waals surface area contributed by atoms with Gasteiger partial charge in [-0.15, -0.1) is 12.4 Å². The lowest BCUT2D eigenvalue weighted by molar-refractivity contribution is -0.117. The Hall–Kier alpha value is -1.63. The molecule has 0 spiro atoms. The van der Waals surface area contributed by atoms with Crippen LogP contribution in [-0.4, -0.2) is 55.1 Å². The smallest absolute Gasteiger partial charge is 0.256 e. The molecule has 2 N–H and O–H groups in total. The van der Waals surface area contributed by atoms with Gasteiger partial charge in [0.15, 0.2) is 0 Å². The van der Waals surface area contributed by atoms with E-state index in [9.17, 15) is 9.59 Å². The van der Waals surface area contributed by atoms with Crippen molar-refractivity contribution in [2.45, 2.75) is 44.2 Å². The average Bonchev–Trinajstić information content (AvgIpc) is 3.00. The van der Waals surface area contributed by atoms with Crippen LogP contribution in [0, 0.1) is 5.92 Å². The molecule has 0 aliphatic carbocycles. The first-order valence-corrected chi connectivity index (χ1v) is 9.71. The molecular weight excluding hydrogens is 366 g/mol. The standard InChI is InChI=1S/C20H27N3O3.ClH/c24-19(13-14-11-15-5-6-16(12-14)21-15)22-18-4-2-1-3-17(18)20(25)23-7-9-26-10-8-23;/h1-4,14-16,21H,5-13H2,(H,22,24);1H. The fraction of sp³-hybridized carbons (Fsp3) is 0.600. The molecule has 0 aromatic heterocycles. The lowest BCUT2D eigenvalue weighted by Gasteiger charge is -2.29. The molecule has 4 rings (SSSR count). The van der Waals surface area contributed by atoms with Gasteiger partial charge in [-0.25, -0.2) is 0 Å². The summed E-state index contributed by atoms with van der Waals surface area (Å²) in [6.45, 7) is 2.33. The molecule has 3 aliphatic rings. The lowest BCUT2D eigenvalue weighted by Crippen LogP contribution is -2.41. The summed E-state index contributed by atoms with van der Waals surface area (Å²) in [4.78, 5) is 27.2. The Morgan fingerprint density at radius 1 is 1.11 bits per heavy atom. The van der Waals surface area contributed by atoms with Gasteiger partial charge in [-0.2, -0.15) is 0 Å². The van der Waals surface area contributed by atoms with E-state index in [1.807, 2.05) is 18.2 Å². The van der Waals surface area contributed by atoms with E-state index in [1.54, 1.807) is 11.0 Å². The number of piperidine rings is 1. The van der Waals surface area contributed by atoms with Gasteiger partial charge in [0.25, 0.3) is 5.91 Å². The number of fused-ring (bicyclic) bond motifs is 2. The third-order valence-corrected chi connectivity index (χ3v) is 5.77. The molecule has 3 heterocycles. The average molecular weight is 394 g/mol. The molecule has 3 saturated heterocycles. The number of morpholine rings is 1. The number of carbonyl (C=O) groups is 2. The van der Waals surface area contributed by atoms with Crippen molar-refractivity contribution in [1.29, 1.82) is 0 Å². The Labute approximate surface area is 166 Å². The molecular formula is C20H28ClN3O3. The van der Waals surface area contributed by atoms with Gasteiger partial charge in [0.1, 0.15) is 0 Å². The van der Waals surface area contributed by atoms with E-state index < -0.39 is 0 Å². The Bertz CT molecular complexity index is 666. The summed E-state index contributed by atoms with van der Waals surface area (Å²) in [7, 11) is 0. The third-order valence-electron chi connectivity index (χ3n) is 5.77. The molecule has 2 atom stereocenters. The fourth-order valence-electron chi connectivity index (χ4n) is 4.52. The SMILES string of the molecule is Cl.O=C(CC1CC2CCC(C1)N2)Nc1ccccc1C(=O)N1CCOCC1. The summed E-state index contributed by atoms with van der Waals surface area (Å²) in [6, 6.07) is 8.48. The Balaban J connectivity index is 0.00000210. The predicted octanol–water partition coefficient (Wildman–Crippen LogP) is 2.44. The number of hydrogen-bond acceptors (Lipinski definition) is 4. The minimum atomic E-state index is -0.0379. The largest absolute Gasteiger partial charge is 0.378 e. The van der Waals surface area contributed by atoms with Gasteiger partial charge < -0.3 is 20.3 Å². The van der Waals surface area contributed by atoms with Crippen molar-refractivity contribution < 1.29 is 14.3 Å². The van der Waals surface area contributed by atoms with Crippen LogP contribution in [0.4, 0.5) is 5.69 Å². The molecule has 3 fully saturated rings. The van der Waals surface area contributed by atoms with Crippen LogP contribution < -0.4 is 10.6 Å². The van der Waals surface area contributed by atoms with Crippen molar-refractivity contribution in [3.63, 3.8) is 0 Å². The number of ether oxygens (including phenoxy) is 1. The quantitative estimate of drug-likeness (QED) is 0.824. The summed E-state index contributed by atoms with van der Waals surface area (Å²) in [5, 5.41) is 6.60. The molecule has 0 saturated carbocycles. The Kier molecular flexibility index (Phi) is 6.73. The summed E-state index contributed by atoms with van der Waals surface area (Å²) in [5.74, 6) is 0.415. The molecule has 6 nitrogen and oxygen atoms in total. The van der Waals surface area contributed by atoms with Gasteiger partial charge in [-0.05, 0) is 43.7 Å². The number of carbonyl (C=O) groups excluding carboxylic acids is 2. The molecule has 2 bridgehead atoms. The number of para-hydroxylation sites is 1. The monoisotopic (exact) mass is 393 g/mol. The van der Waals surface area contributed by atoms with Crippen molar-refractivity contribution in [3.05, 3.63) is 29.8 Å². The van der Waals surface area contributed by atoms with Crippen LogP contribution in [0.3, 0.4) is 0 Å². The van der Waals surface area contributed by atoms with Crippen LogP contribution in [0.1, 0.15) is 42.5 Å². The summed E-state index contributed by atoms with van der Waals surface area (Å²) < 4.78 is 5.32. The molecule has 3 aliphatic heterocycles. The maximum absolute atomic E-state index is 12.8. The highest BCUT2D eigenvalue weighted by molar-refractivity contribution is 6.03. The Morgan fingerprint density at radius 2 is 1.78 bits per heavy atom. The number of nitrogens with one attached hydrogen (secondary N) is 2. The minimum Gasteiger partial charge on any atom is -0.378 e. The van der Waals surface area contributed by atoms with Gasteiger partial charge in [0.05, 0.1) is 24.5 Å². The van der Waals surface area contributed by atoms with Crippen molar-refractivity contribution in [1.82, 2.24) is 10.2 Å². The molecule has 148 valence electrons. The number of hydrogen-bond donors (Lipinski definition) is 2. The van der Waals surface area contributed by atoms with Crippen LogP contribution in [-0.2, 0) is 9.53 Å². The highest BCUT2D eigenvalue weighted by Gasteiger charge is 2.34. The summed E-state index contributed by atoms with van der Waals surface area (Å²) >= 11 is 0. The highest BCUT2D eigenvalue weighted by Crippen LogP contribution is 2.33.